The van der Waals surface area contributed by atoms with E-state index < -0.39 is 30.6 Å². The summed E-state index contributed by atoms with van der Waals surface area (Å²) in [7, 11) is 0. The minimum absolute atomic E-state index is 0. The summed E-state index contributed by atoms with van der Waals surface area (Å²) in [5.41, 5.74) is 4.58. The molecule has 1 rings (SSSR count). The monoisotopic (exact) mass is 307 g/mol. The third-order valence-corrected chi connectivity index (χ3v) is 2.45. The second-order valence-electron chi connectivity index (χ2n) is 3.57. The largest absolute Gasteiger partial charge is 0.403 e. The molecular weight excluding hydrogens is 297 g/mol. The molecule has 0 radical (unpaired) electrons. The molecule has 0 fully saturated rings. The molecule has 0 saturated heterocycles. The van der Waals surface area contributed by atoms with Crippen LogP contribution in [0.2, 0.25) is 5.02 Å². The van der Waals surface area contributed by atoms with Crippen LogP contribution in [0.3, 0.4) is 0 Å². The van der Waals surface area contributed by atoms with E-state index in [1.807, 2.05) is 0 Å². The van der Waals surface area contributed by atoms with E-state index in [-0.39, 0.29) is 23.0 Å². The van der Waals surface area contributed by atoms with Gasteiger partial charge in [0, 0.05) is 17.0 Å². The Kier molecular flexibility index (Phi) is 6.36. The van der Waals surface area contributed by atoms with Crippen molar-refractivity contribution in [2.75, 3.05) is 0 Å². The molecule has 18 heavy (non-hydrogen) atoms. The second-order valence-corrected chi connectivity index (χ2v) is 4.00. The van der Waals surface area contributed by atoms with Gasteiger partial charge < -0.3 is 10.8 Å². The van der Waals surface area contributed by atoms with Gasteiger partial charge in [-0.15, -0.1) is 12.4 Å². The van der Waals surface area contributed by atoms with Crippen molar-refractivity contribution in [2.45, 2.75) is 24.7 Å². The molecule has 0 aromatic heterocycles. The number of benzene rings is 1. The lowest BCUT2D eigenvalue weighted by molar-refractivity contribution is -0.154. The lowest BCUT2D eigenvalue weighted by Gasteiger charge is -2.19. The highest BCUT2D eigenvalue weighted by Crippen LogP contribution is 2.28. The Morgan fingerprint density at radius 2 is 1.89 bits per heavy atom. The highest BCUT2D eigenvalue weighted by atomic mass is 35.5. The highest BCUT2D eigenvalue weighted by molar-refractivity contribution is 6.30. The van der Waals surface area contributed by atoms with Crippen LogP contribution in [-0.4, -0.2) is 17.3 Å². The van der Waals surface area contributed by atoms with Gasteiger partial charge in [-0.05, 0) is 12.1 Å². The summed E-state index contributed by atoms with van der Waals surface area (Å²) in [6, 6.07) is 1.13. The molecule has 0 heterocycles. The molecule has 0 aliphatic heterocycles. The lowest BCUT2D eigenvalue weighted by atomic mass is 10.0. The predicted octanol–water partition coefficient (Wildman–Crippen LogP) is 3.21. The third kappa shape index (κ3) is 4.61. The minimum atomic E-state index is -4.62. The molecular formula is C10H11Cl2F4NO. The van der Waals surface area contributed by atoms with Gasteiger partial charge >= 0.3 is 6.18 Å². The van der Waals surface area contributed by atoms with Gasteiger partial charge in [0.05, 0.1) is 6.10 Å². The van der Waals surface area contributed by atoms with E-state index in [4.69, 9.17) is 17.3 Å². The second kappa shape index (κ2) is 6.56. The summed E-state index contributed by atoms with van der Waals surface area (Å²) in [4.78, 5) is 0. The summed E-state index contributed by atoms with van der Waals surface area (Å²) in [6.07, 6.45) is -7.05. The molecule has 8 heteroatoms. The molecule has 2 atom stereocenters. The van der Waals surface area contributed by atoms with Gasteiger partial charge in [-0.25, -0.2) is 4.39 Å². The summed E-state index contributed by atoms with van der Waals surface area (Å²) < 4.78 is 49.7. The maximum absolute atomic E-state index is 13.3. The third-order valence-electron chi connectivity index (χ3n) is 2.22. The maximum Gasteiger partial charge on any atom is 0.403 e. The first kappa shape index (κ1) is 17.4. The number of alkyl halides is 3. The quantitative estimate of drug-likeness (QED) is 0.842. The summed E-state index contributed by atoms with van der Waals surface area (Å²) in [6.45, 7) is 0. The van der Waals surface area contributed by atoms with Crippen LogP contribution in [-0.2, 0) is 0 Å². The van der Waals surface area contributed by atoms with E-state index in [9.17, 15) is 22.7 Å². The van der Waals surface area contributed by atoms with Crippen molar-refractivity contribution in [3.05, 3.63) is 34.6 Å². The zero-order valence-electron chi connectivity index (χ0n) is 8.92. The molecule has 0 saturated carbocycles. The van der Waals surface area contributed by atoms with E-state index in [2.05, 4.69) is 0 Å². The number of nitrogens with two attached hydrogens (primary N) is 1. The van der Waals surface area contributed by atoms with Crippen molar-refractivity contribution in [1.29, 1.82) is 0 Å². The van der Waals surface area contributed by atoms with Gasteiger partial charge in [0.2, 0.25) is 0 Å². The maximum atomic E-state index is 13.3. The summed E-state index contributed by atoms with van der Waals surface area (Å²) in [5.74, 6) is -0.862. The predicted molar refractivity (Wildman–Crippen MR) is 62.3 cm³/mol. The molecule has 104 valence electrons. The standard InChI is InChI=1S/C10H10ClF4NO.ClH/c11-5-1-2-6(7(12)3-5)8(17)4-9(16)10(13,14)15;/h1-3,8-9,17H,4,16H2;1H/t8-,9-;/m0./s1. The van der Waals surface area contributed by atoms with Crippen LogP contribution < -0.4 is 5.73 Å². The van der Waals surface area contributed by atoms with E-state index in [1.54, 1.807) is 0 Å². The molecule has 0 unspecified atom stereocenters. The Morgan fingerprint density at radius 1 is 1.33 bits per heavy atom. The molecule has 0 spiro atoms. The molecule has 0 aliphatic rings. The zero-order chi connectivity index (χ0) is 13.2. The number of aliphatic hydroxyl groups is 1. The molecule has 2 nitrogen and oxygen atoms in total. The first-order valence-corrected chi connectivity index (χ1v) is 5.05. The number of hydrogen-bond acceptors (Lipinski definition) is 2. The van der Waals surface area contributed by atoms with Crippen LogP contribution in [0.4, 0.5) is 17.6 Å². The molecule has 0 aliphatic carbocycles. The Labute approximate surface area is 112 Å². The van der Waals surface area contributed by atoms with Crippen molar-refractivity contribution in [3.8, 4) is 0 Å². The number of aliphatic hydroxyl groups excluding tert-OH is 1. The average molecular weight is 308 g/mol. The van der Waals surface area contributed by atoms with Crippen LogP contribution in [0.5, 0.6) is 0 Å². The first-order chi connectivity index (χ1) is 7.71. The zero-order valence-corrected chi connectivity index (χ0v) is 10.5. The van der Waals surface area contributed by atoms with E-state index >= 15 is 0 Å². The SMILES string of the molecule is Cl.N[C@@H](C[C@H](O)c1ccc(Cl)cc1F)C(F)(F)F. The fourth-order valence-electron chi connectivity index (χ4n) is 1.27. The van der Waals surface area contributed by atoms with Crippen LogP contribution in [0.25, 0.3) is 0 Å². The molecule has 1 aromatic carbocycles. The van der Waals surface area contributed by atoms with E-state index in [1.165, 1.54) is 6.07 Å². The Hall–Kier alpha value is -0.560. The van der Waals surface area contributed by atoms with E-state index in [0.29, 0.717) is 0 Å². The number of hydrogen-bond donors (Lipinski definition) is 2. The molecule has 3 N–H and O–H groups in total. The van der Waals surface area contributed by atoms with Crippen molar-refractivity contribution in [2.24, 2.45) is 5.73 Å². The van der Waals surface area contributed by atoms with Crippen LogP contribution in [0.1, 0.15) is 18.1 Å². The van der Waals surface area contributed by atoms with Gasteiger partial charge in [0.25, 0.3) is 0 Å². The first-order valence-electron chi connectivity index (χ1n) is 4.67. The van der Waals surface area contributed by atoms with Crippen LogP contribution >= 0.6 is 24.0 Å². The minimum Gasteiger partial charge on any atom is -0.388 e. The molecule has 1 aromatic rings. The molecule has 0 amide bonds. The lowest BCUT2D eigenvalue weighted by Crippen LogP contribution is -2.38. The van der Waals surface area contributed by atoms with E-state index in [0.717, 1.165) is 12.1 Å². The average Bonchev–Trinajstić information content (AvgIpc) is 2.15. The number of rotatable bonds is 3. The molecule has 0 bridgehead atoms. The van der Waals surface area contributed by atoms with Crippen LogP contribution in [0, 0.1) is 5.82 Å². The Morgan fingerprint density at radius 3 is 2.33 bits per heavy atom. The smallest absolute Gasteiger partial charge is 0.388 e. The van der Waals surface area contributed by atoms with Crippen molar-refractivity contribution >= 4 is 24.0 Å². The van der Waals surface area contributed by atoms with Gasteiger partial charge in [0.1, 0.15) is 11.9 Å². The summed E-state index contributed by atoms with van der Waals surface area (Å²) in [5, 5.41) is 9.56. The van der Waals surface area contributed by atoms with Gasteiger partial charge in [-0.3, -0.25) is 0 Å². The summed E-state index contributed by atoms with van der Waals surface area (Å²) >= 11 is 5.47. The fraction of sp³-hybridized carbons (Fsp3) is 0.400. The number of halogens is 6. The Bertz CT molecular complexity index is 400. The van der Waals surface area contributed by atoms with Gasteiger partial charge in [0.15, 0.2) is 0 Å². The highest BCUT2D eigenvalue weighted by Gasteiger charge is 2.38. The fourth-order valence-corrected chi connectivity index (χ4v) is 1.43. The Balaban J connectivity index is 0.00000289. The van der Waals surface area contributed by atoms with Gasteiger partial charge in [-0.1, -0.05) is 17.7 Å². The van der Waals surface area contributed by atoms with Crippen molar-refractivity contribution in [1.82, 2.24) is 0 Å². The van der Waals surface area contributed by atoms with Crippen molar-refractivity contribution in [3.63, 3.8) is 0 Å². The normalized spacial score (nSPS) is 14.8. The topological polar surface area (TPSA) is 46.2 Å². The van der Waals surface area contributed by atoms with Crippen molar-refractivity contribution < 1.29 is 22.7 Å². The van der Waals surface area contributed by atoms with Gasteiger partial charge in [-0.2, -0.15) is 13.2 Å². The van der Waals surface area contributed by atoms with Crippen LogP contribution in [0.15, 0.2) is 18.2 Å².